The molecular formula is C15H20N2O2. The van der Waals surface area contributed by atoms with Gasteiger partial charge in [-0.2, -0.15) is 0 Å². The van der Waals surface area contributed by atoms with Crippen molar-refractivity contribution in [3.63, 3.8) is 0 Å². The van der Waals surface area contributed by atoms with E-state index in [1.54, 1.807) is 11.0 Å². The molecule has 2 saturated carbocycles. The number of amides is 1. The summed E-state index contributed by atoms with van der Waals surface area (Å²) in [5.41, 5.74) is 0.387. The van der Waals surface area contributed by atoms with E-state index in [-0.39, 0.29) is 11.5 Å². The van der Waals surface area contributed by atoms with Crippen LogP contribution in [-0.4, -0.2) is 29.4 Å². The van der Waals surface area contributed by atoms with Gasteiger partial charge in [0.25, 0.3) is 5.91 Å². The van der Waals surface area contributed by atoms with Gasteiger partial charge in [-0.1, -0.05) is 6.42 Å². The molecule has 3 unspecified atom stereocenters. The number of hydrogen-bond donors (Lipinski definition) is 1. The summed E-state index contributed by atoms with van der Waals surface area (Å²) in [6.45, 7) is 0.846. The summed E-state index contributed by atoms with van der Waals surface area (Å²) in [6.07, 6.45) is 6.88. The van der Waals surface area contributed by atoms with Crippen molar-refractivity contribution in [3.05, 3.63) is 34.2 Å². The average molecular weight is 260 g/mol. The monoisotopic (exact) mass is 260 g/mol. The van der Waals surface area contributed by atoms with Crippen molar-refractivity contribution >= 4 is 5.91 Å². The third-order valence-electron chi connectivity index (χ3n) is 4.77. The van der Waals surface area contributed by atoms with Crippen molar-refractivity contribution in [2.45, 2.75) is 25.7 Å². The third-order valence-corrected chi connectivity index (χ3v) is 4.77. The second kappa shape index (κ2) is 4.83. The largest absolute Gasteiger partial charge is 0.341 e. The summed E-state index contributed by atoms with van der Waals surface area (Å²) < 4.78 is 0. The number of nitrogens with zero attached hydrogens (tertiary/aromatic N) is 1. The van der Waals surface area contributed by atoms with Crippen molar-refractivity contribution in [1.29, 1.82) is 0 Å². The fourth-order valence-electron chi connectivity index (χ4n) is 3.80. The zero-order valence-electron chi connectivity index (χ0n) is 11.3. The maximum atomic E-state index is 12.3. The number of H-pyrrole nitrogens is 1. The molecular weight excluding hydrogens is 240 g/mol. The summed E-state index contributed by atoms with van der Waals surface area (Å²) >= 11 is 0. The molecule has 1 heterocycles. The van der Waals surface area contributed by atoms with E-state index in [0.29, 0.717) is 11.5 Å². The van der Waals surface area contributed by atoms with Gasteiger partial charge in [-0.25, -0.2) is 0 Å². The maximum Gasteiger partial charge on any atom is 0.255 e. The highest BCUT2D eigenvalue weighted by molar-refractivity contribution is 5.93. The molecule has 0 saturated heterocycles. The zero-order valence-corrected chi connectivity index (χ0v) is 11.3. The summed E-state index contributed by atoms with van der Waals surface area (Å²) in [5.74, 6) is 2.41. The van der Waals surface area contributed by atoms with E-state index in [9.17, 15) is 9.59 Å². The number of carbonyl (C=O) groups excluding carboxylic acids is 1. The van der Waals surface area contributed by atoms with Crippen LogP contribution in [0.5, 0.6) is 0 Å². The van der Waals surface area contributed by atoms with Crippen LogP contribution in [-0.2, 0) is 0 Å². The zero-order chi connectivity index (χ0) is 13.4. The number of aromatic amines is 1. The molecule has 1 aromatic rings. The van der Waals surface area contributed by atoms with Gasteiger partial charge in [0.2, 0.25) is 5.56 Å². The highest BCUT2D eigenvalue weighted by atomic mass is 16.2. The number of aromatic nitrogens is 1. The Morgan fingerprint density at radius 1 is 1.37 bits per heavy atom. The van der Waals surface area contributed by atoms with Crippen LogP contribution in [0.2, 0.25) is 0 Å². The minimum absolute atomic E-state index is 0.000904. The molecule has 2 bridgehead atoms. The van der Waals surface area contributed by atoms with Crippen LogP contribution in [0.3, 0.4) is 0 Å². The molecule has 2 fully saturated rings. The first kappa shape index (κ1) is 12.5. The molecule has 102 valence electrons. The fraction of sp³-hybridized carbons (Fsp3) is 0.600. The number of pyridine rings is 1. The van der Waals surface area contributed by atoms with Gasteiger partial charge in [-0.3, -0.25) is 9.59 Å². The Kier molecular flexibility index (Phi) is 3.17. The molecule has 1 N–H and O–H groups in total. The number of hydrogen-bond acceptors (Lipinski definition) is 2. The quantitative estimate of drug-likeness (QED) is 0.902. The van der Waals surface area contributed by atoms with E-state index < -0.39 is 0 Å². The average Bonchev–Trinajstić information content (AvgIpc) is 3.01. The van der Waals surface area contributed by atoms with Crippen LogP contribution in [0.1, 0.15) is 36.0 Å². The molecule has 2 aliphatic carbocycles. The van der Waals surface area contributed by atoms with Crippen LogP contribution < -0.4 is 5.56 Å². The van der Waals surface area contributed by atoms with Crippen molar-refractivity contribution in [2.24, 2.45) is 17.8 Å². The number of fused-ring (bicyclic) bond motifs is 2. The lowest BCUT2D eigenvalue weighted by molar-refractivity contribution is 0.0754. The van der Waals surface area contributed by atoms with Gasteiger partial charge in [-0.05, 0) is 43.1 Å². The molecule has 19 heavy (non-hydrogen) atoms. The van der Waals surface area contributed by atoms with Gasteiger partial charge in [0, 0.05) is 25.9 Å². The molecule has 4 nitrogen and oxygen atoms in total. The highest BCUT2D eigenvalue weighted by Gasteiger charge is 2.40. The second-order valence-corrected chi connectivity index (χ2v) is 6.06. The molecule has 3 rings (SSSR count). The summed E-state index contributed by atoms with van der Waals surface area (Å²) in [7, 11) is 1.86. The smallest absolute Gasteiger partial charge is 0.255 e. The molecule has 4 heteroatoms. The van der Waals surface area contributed by atoms with Crippen LogP contribution in [0.25, 0.3) is 0 Å². The number of nitrogens with one attached hydrogen (secondary N) is 1. The molecule has 1 amide bonds. The van der Waals surface area contributed by atoms with E-state index in [1.165, 1.54) is 37.9 Å². The van der Waals surface area contributed by atoms with Gasteiger partial charge >= 0.3 is 0 Å². The Balaban J connectivity index is 1.63. The fourth-order valence-corrected chi connectivity index (χ4v) is 3.80. The summed E-state index contributed by atoms with van der Waals surface area (Å²) in [4.78, 5) is 27.6. The normalized spacial score (nSPS) is 28.6. The minimum atomic E-state index is -0.174. The Labute approximate surface area is 112 Å². The molecule has 0 aliphatic heterocycles. The lowest BCUT2D eigenvalue weighted by atomic mass is 9.88. The van der Waals surface area contributed by atoms with E-state index in [4.69, 9.17) is 0 Å². The van der Waals surface area contributed by atoms with Gasteiger partial charge in [0.05, 0.1) is 5.56 Å². The molecule has 0 radical (unpaired) electrons. The van der Waals surface area contributed by atoms with Crippen molar-refractivity contribution < 1.29 is 4.79 Å². The van der Waals surface area contributed by atoms with Crippen LogP contribution in [0, 0.1) is 17.8 Å². The minimum Gasteiger partial charge on any atom is -0.341 e. The van der Waals surface area contributed by atoms with E-state index in [2.05, 4.69) is 4.98 Å². The van der Waals surface area contributed by atoms with E-state index in [0.717, 1.165) is 18.4 Å². The standard InChI is InChI=1S/C15H20N2O2/c1-17(9-13-7-10-2-3-11(13)6-10)15(19)12-4-5-14(18)16-8-12/h4-5,8,10-11,13H,2-3,6-7,9H2,1H3,(H,16,18). The Morgan fingerprint density at radius 2 is 2.21 bits per heavy atom. The van der Waals surface area contributed by atoms with Gasteiger partial charge < -0.3 is 9.88 Å². The lowest BCUT2D eigenvalue weighted by Crippen LogP contribution is -2.34. The first-order chi connectivity index (χ1) is 9.13. The third kappa shape index (κ3) is 2.44. The first-order valence-electron chi connectivity index (χ1n) is 7.07. The molecule has 0 spiro atoms. The van der Waals surface area contributed by atoms with Gasteiger partial charge in [-0.15, -0.1) is 0 Å². The van der Waals surface area contributed by atoms with Crippen molar-refractivity contribution in [3.8, 4) is 0 Å². The Morgan fingerprint density at radius 3 is 2.79 bits per heavy atom. The molecule has 2 aliphatic rings. The first-order valence-corrected chi connectivity index (χ1v) is 7.07. The summed E-state index contributed by atoms with van der Waals surface area (Å²) in [6, 6.07) is 3.00. The van der Waals surface area contributed by atoms with E-state index >= 15 is 0 Å². The van der Waals surface area contributed by atoms with Gasteiger partial charge in [0.15, 0.2) is 0 Å². The van der Waals surface area contributed by atoms with Crippen molar-refractivity contribution in [2.75, 3.05) is 13.6 Å². The predicted molar refractivity (Wildman–Crippen MR) is 73.0 cm³/mol. The number of carbonyl (C=O) groups is 1. The molecule has 0 aromatic carbocycles. The second-order valence-electron chi connectivity index (χ2n) is 6.06. The van der Waals surface area contributed by atoms with Crippen molar-refractivity contribution in [1.82, 2.24) is 9.88 Å². The molecule has 1 aromatic heterocycles. The van der Waals surface area contributed by atoms with Crippen LogP contribution in [0.4, 0.5) is 0 Å². The van der Waals surface area contributed by atoms with Crippen LogP contribution >= 0.6 is 0 Å². The van der Waals surface area contributed by atoms with Crippen LogP contribution in [0.15, 0.2) is 23.1 Å². The molecule has 3 atom stereocenters. The lowest BCUT2D eigenvalue weighted by Gasteiger charge is -2.27. The number of rotatable bonds is 3. The topological polar surface area (TPSA) is 53.2 Å². The Hall–Kier alpha value is -1.58. The van der Waals surface area contributed by atoms with E-state index in [1.807, 2.05) is 7.05 Å². The van der Waals surface area contributed by atoms with Gasteiger partial charge in [0.1, 0.15) is 0 Å². The Bertz CT molecular complexity index is 517. The predicted octanol–water partition coefficient (Wildman–Crippen LogP) is 1.88. The SMILES string of the molecule is CN(CC1CC2CCC1C2)C(=O)c1ccc(=O)[nH]c1. The highest BCUT2D eigenvalue weighted by Crippen LogP contribution is 2.48. The summed E-state index contributed by atoms with van der Waals surface area (Å²) in [5, 5.41) is 0. The maximum absolute atomic E-state index is 12.3.